The van der Waals surface area contributed by atoms with Crippen LogP contribution in [0.5, 0.6) is 0 Å². The summed E-state index contributed by atoms with van der Waals surface area (Å²) in [4.78, 5) is 22.0. The van der Waals surface area contributed by atoms with E-state index in [-0.39, 0.29) is 10.8 Å². The minimum absolute atomic E-state index is 0.127. The number of benzene rings is 2. The molecule has 0 saturated carbocycles. The van der Waals surface area contributed by atoms with Gasteiger partial charge in [0.15, 0.2) is 15.0 Å². The number of aryl methyl sites for hydroxylation is 1. The van der Waals surface area contributed by atoms with Gasteiger partial charge in [-0.1, -0.05) is 30.4 Å². The summed E-state index contributed by atoms with van der Waals surface area (Å²) in [6.45, 7) is 8.01. The van der Waals surface area contributed by atoms with E-state index in [9.17, 15) is 13.2 Å². The number of fused-ring (bicyclic) bond motifs is 1. The zero-order chi connectivity index (χ0) is 22.2. The van der Waals surface area contributed by atoms with Crippen LogP contribution in [0, 0.1) is 0 Å². The molecular formula is C23H27N3O3S2. The summed E-state index contributed by atoms with van der Waals surface area (Å²) in [6.07, 6.45) is 1.00. The minimum Gasteiger partial charge on any atom is -0.345 e. The van der Waals surface area contributed by atoms with Crippen LogP contribution in [-0.4, -0.2) is 55.6 Å². The largest absolute Gasteiger partial charge is 0.345 e. The van der Waals surface area contributed by atoms with Crippen molar-refractivity contribution in [2.75, 3.05) is 31.1 Å². The van der Waals surface area contributed by atoms with Crippen molar-refractivity contribution >= 4 is 42.4 Å². The van der Waals surface area contributed by atoms with Crippen molar-refractivity contribution in [1.29, 1.82) is 0 Å². The molecule has 1 amide bonds. The van der Waals surface area contributed by atoms with Crippen LogP contribution in [0.1, 0.15) is 36.7 Å². The molecule has 6 nitrogen and oxygen atoms in total. The molecule has 1 saturated heterocycles. The maximum Gasteiger partial charge on any atom is 0.254 e. The number of hydrogen-bond donors (Lipinski definition) is 0. The van der Waals surface area contributed by atoms with Gasteiger partial charge in [0.1, 0.15) is 0 Å². The number of sulfone groups is 1. The van der Waals surface area contributed by atoms with Crippen molar-refractivity contribution in [3.8, 4) is 0 Å². The zero-order valence-corrected chi connectivity index (χ0v) is 19.7. The highest BCUT2D eigenvalue weighted by Crippen LogP contribution is 2.30. The zero-order valence-electron chi connectivity index (χ0n) is 18.0. The fourth-order valence-corrected chi connectivity index (χ4v) is 5.86. The van der Waals surface area contributed by atoms with Crippen molar-refractivity contribution in [3.05, 3.63) is 53.6 Å². The lowest BCUT2D eigenvalue weighted by atomic mass is 10.2. The van der Waals surface area contributed by atoms with Crippen molar-refractivity contribution in [3.63, 3.8) is 0 Å². The fourth-order valence-electron chi connectivity index (χ4n) is 3.67. The molecule has 1 aromatic heterocycles. The first-order chi connectivity index (χ1) is 14.8. The van der Waals surface area contributed by atoms with E-state index in [1.807, 2.05) is 0 Å². The molecule has 0 radical (unpaired) electrons. The van der Waals surface area contributed by atoms with Gasteiger partial charge in [-0.2, -0.15) is 0 Å². The van der Waals surface area contributed by atoms with Crippen molar-refractivity contribution in [2.45, 2.75) is 37.3 Å². The normalized spacial score (nSPS) is 15.1. The summed E-state index contributed by atoms with van der Waals surface area (Å²) in [5.74, 6) is -0.127. The van der Waals surface area contributed by atoms with E-state index in [4.69, 9.17) is 4.98 Å². The molecule has 3 aromatic rings. The topological polar surface area (TPSA) is 70.6 Å². The van der Waals surface area contributed by atoms with Gasteiger partial charge in [0.05, 0.1) is 20.4 Å². The van der Waals surface area contributed by atoms with Crippen LogP contribution < -0.4 is 4.90 Å². The number of anilines is 1. The molecular weight excluding hydrogens is 430 g/mol. The number of nitrogens with zero attached hydrogens (tertiary/aromatic N) is 3. The number of piperazine rings is 1. The van der Waals surface area contributed by atoms with Crippen LogP contribution in [0.15, 0.2) is 47.4 Å². The number of aromatic nitrogens is 1. The maximum atomic E-state index is 13.0. The summed E-state index contributed by atoms with van der Waals surface area (Å²) in [7, 11) is -3.41. The second kappa shape index (κ2) is 8.59. The first kappa shape index (κ1) is 21.8. The second-order valence-corrected chi connectivity index (χ2v) is 11.6. The Kier molecular flexibility index (Phi) is 6.03. The molecule has 0 bridgehead atoms. The van der Waals surface area contributed by atoms with E-state index in [2.05, 4.69) is 30.0 Å². The molecule has 31 heavy (non-hydrogen) atoms. The van der Waals surface area contributed by atoms with Gasteiger partial charge in [-0.25, -0.2) is 13.4 Å². The van der Waals surface area contributed by atoms with Gasteiger partial charge in [-0.15, -0.1) is 0 Å². The van der Waals surface area contributed by atoms with E-state index in [1.54, 1.807) is 48.3 Å². The molecule has 0 N–H and O–H groups in total. The number of rotatable bonds is 5. The van der Waals surface area contributed by atoms with E-state index < -0.39 is 15.1 Å². The molecule has 2 aromatic carbocycles. The van der Waals surface area contributed by atoms with Crippen molar-refractivity contribution in [2.24, 2.45) is 0 Å². The molecule has 1 aliphatic rings. The summed E-state index contributed by atoms with van der Waals surface area (Å²) >= 11 is 1.69. The third-order valence-electron chi connectivity index (χ3n) is 5.72. The smallest absolute Gasteiger partial charge is 0.254 e. The van der Waals surface area contributed by atoms with Crippen LogP contribution in [0.3, 0.4) is 0 Å². The Morgan fingerprint density at radius 1 is 1.10 bits per heavy atom. The number of thiazole rings is 1. The Bertz CT molecular complexity index is 1210. The number of carbonyl (C=O) groups excluding carboxylic acids is 1. The summed E-state index contributed by atoms with van der Waals surface area (Å²) in [5, 5.41) is 0.462. The van der Waals surface area contributed by atoms with Crippen LogP contribution in [0.25, 0.3) is 10.2 Å². The average molecular weight is 458 g/mol. The SMILES string of the molecule is CCc1ccc2nc(N3CCN(C(=O)c4cccc(S(=O)(=O)C(C)C)c4)CC3)sc2c1. The molecule has 2 heterocycles. The second-order valence-electron chi connectivity index (χ2n) is 8.05. The molecule has 0 spiro atoms. The first-order valence-corrected chi connectivity index (χ1v) is 12.9. The molecule has 1 fully saturated rings. The highest BCUT2D eigenvalue weighted by atomic mass is 32.2. The highest BCUT2D eigenvalue weighted by molar-refractivity contribution is 7.92. The first-order valence-electron chi connectivity index (χ1n) is 10.6. The lowest BCUT2D eigenvalue weighted by Gasteiger charge is -2.34. The van der Waals surface area contributed by atoms with Gasteiger partial charge in [0, 0.05) is 31.7 Å². The molecule has 8 heteroatoms. The van der Waals surface area contributed by atoms with Gasteiger partial charge in [-0.05, 0) is 56.2 Å². The Hall–Kier alpha value is -2.45. The predicted octanol–water partition coefficient (Wildman–Crippen LogP) is 4.00. The monoisotopic (exact) mass is 457 g/mol. The van der Waals surface area contributed by atoms with E-state index >= 15 is 0 Å². The maximum absolute atomic E-state index is 13.0. The standard InChI is InChI=1S/C23H27N3O3S2/c1-4-17-8-9-20-21(14-17)30-23(24-20)26-12-10-25(11-13-26)22(27)18-6-5-7-19(15-18)31(28,29)16(2)3/h5-9,14-16H,4,10-13H2,1-3H3. The highest BCUT2D eigenvalue weighted by Gasteiger charge is 2.26. The lowest BCUT2D eigenvalue weighted by molar-refractivity contribution is 0.0746. The van der Waals surface area contributed by atoms with Crippen LogP contribution in [0.4, 0.5) is 5.13 Å². The van der Waals surface area contributed by atoms with E-state index in [0.717, 1.165) is 17.1 Å². The summed E-state index contributed by atoms with van der Waals surface area (Å²) in [5.41, 5.74) is 2.74. The third kappa shape index (κ3) is 4.32. The number of carbonyl (C=O) groups is 1. The lowest BCUT2D eigenvalue weighted by Crippen LogP contribution is -2.48. The summed E-state index contributed by atoms with van der Waals surface area (Å²) in [6, 6.07) is 12.8. The van der Waals surface area contributed by atoms with Crippen LogP contribution >= 0.6 is 11.3 Å². The number of amides is 1. The van der Waals surface area contributed by atoms with Gasteiger partial charge >= 0.3 is 0 Å². The Morgan fingerprint density at radius 3 is 2.52 bits per heavy atom. The molecule has 0 aliphatic carbocycles. The van der Waals surface area contributed by atoms with Crippen LogP contribution in [-0.2, 0) is 16.3 Å². The summed E-state index contributed by atoms with van der Waals surface area (Å²) < 4.78 is 26.1. The Morgan fingerprint density at radius 2 is 1.84 bits per heavy atom. The van der Waals surface area contributed by atoms with Gasteiger partial charge in [0.2, 0.25) is 0 Å². The predicted molar refractivity (Wildman–Crippen MR) is 126 cm³/mol. The van der Waals surface area contributed by atoms with Crippen LogP contribution in [0.2, 0.25) is 0 Å². The Balaban J connectivity index is 1.46. The third-order valence-corrected chi connectivity index (χ3v) is 8.95. The van der Waals surface area contributed by atoms with E-state index in [0.29, 0.717) is 31.7 Å². The minimum atomic E-state index is -3.41. The van der Waals surface area contributed by atoms with Crippen molar-refractivity contribution < 1.29 is 13.2 Å². The van der Waals surface area contributed by atoms with Gasteiger partial charge in [0.25, 0.3) is 5.91 Å². The Labute approximate surface area is 187 Å². The average Bonchev–Trinajstić information content (AvgIpc) is 3.22. The fraction of sp³-hybridized carbons (Fsp3) is 0.391. The van der Waals surface area contributed by atoms with Crippen molar-refractivity contribution in [1.82, 2.24) is 9.88 Å². The number of hydrogen-bond acceptors (Lipinski definition) is 6. The molecule has 1 aliphatic heterocycles. The van der Waals surface area contributed by atoms with E-state index in [1.165, 1.54) is 16.3 Å². The van der Waals surface area contributed by atoms with Gasteiger partial charge < -0.3 is 9.80 Å². The molecule has 4 rings (SSSR count). The molecule has 0 unspecified atom stereocenters. The van der Waals surface area contributed by atoms with Gasteiger partial charge in [-0.3, -0.25) is 4.79 Å². The quantitative estimate of drug-likeness (QED) is 0.579. The molecule has 0 atom stereocenters. The molecule has 164 valence electrons.